The summed E-state index contributed by atoms with van der Waals surface area (Å²) < 4.78 is 9.71. The van der Waals surface area contributed by atoms with Crippen LogP contribution in [0.4, 0.5) is 4.79 Å². The van der Waals surface area contributed by atoms with E-state index in [1.807, 2.05) is 30.3 Å². The highest BCUT2D eigenvalue weighted by Crippen LogP contribution is 2.10. The van der Waals surface area contributed by atoms with E-state index in [-0.39, 0.29) is 5.56 Å². The molecule has 0 radical (unpaired) electrons. The fourth-order valence-corrected chi connectivity index (χ4v) is 2.17. The molecule has 0 aliphatic heterocycles. The van der Waals surface area contributed by atoms with Crippen LogP contribution in [0, 0.1) is 0 Å². The Morgan fingerprint density at radius 1 is 0.897 bits per heavy atom. The van der Waals surface area contributed by atoms with E-state index in [2.05, 4.69) is 16.0 Å². The van der Waals surface area contributed by atoms with E-state index in [1.54, 1.807) is 12.1 Å². The summed E-state index contributed by atoms with van der Waals surface area (Å²) in [5.41, 5.74) is 1.16. The summed E-state index contributed by atoms with van der Waals surface area (Å²) in [7, 11) is 1.49. The molecular weight excluding hydrogens is 378 g/mol. The van der Waals surface area contributed by atoms with E-state index in [1.165, 1.54) is 19.2 Å². The summed E-state index contributed by atoms with van der Waals surface area (Å²) in [5.74, 6) is -1.66. The smallest absolute Gasteiger partial charge is 0.325 e. The summed E-state index contributed by atoms with van der Waals surface area (Å²) in [6.45, 7) is -0.758. The maximum Gasteiger partial charge on any atom is 0.325 e. The number of ether oxygens (including phenoxy) is 2. The number of imide groups is 1. The van der Waals surface area contributed by atoms with Crippen molar-refractivity contribution in [3.05, 3.63) is 65.7 Å². The molecular formula is C20H21N3O6. The molecule has 2 aromatic carbocycles. The first-order valence-corrected chi connectivity index (χ1v) is 8.67. The van der Waals surface area contributed by atoms with Crippen LogP contribution >= 0.6 is 0 Å². The standard InChI is InChI=1S/C20H21N3O6/c1-28-16-9-7-15(8-10-16)19(26)23-17(24)13-29-18(25)12-22-20(27)21-11-14-5-3-2-4-6-14/h2-10H,11-13H2,1H3,(H2,21,22,27)(H,23,24,26). The summed E-state index contributed by atoms with van der Waals surface area (Å²) >= 11 is 0. The van der Waals surface area contributed by atoms with Gasteiger partial charge in [-0.05, 0) is 29.8 Å². The largest absolute Gasteiger partial charge is 0.497 e. The summed E-state index contributed by atoms with van der Waals surface area (Å²) in [6.07, 6.45) is 0. The topological polar surface area (TPSA) is 123 Å². The molecule has 0 atom stereocenters. The number of nitrogens with one attached hydrogen (secondary N) is 3. The zero-order valence-corrected chi connectivity index (χ0v) is 15.8. The van der Waals surface area contributed by atoms with Crippen LogP contribution in [0.3, 0.4) is 0 Å². The number of hydrogen-bond acceptors (Lipinski definition) is 6. The molecule has 2 aromatic rings. The van der Waals surface area contributed by atoms with Gasteiger partial charge < -0.3 is 20.1 Å². The number of amides is 4. The minimum atomic E-state index is -0.813. The molecule has 0 unspecified atom stereocenters. The highest BCUT2D eigenvalue weighted by molar-refractivity contribution is 6.05. The molecule has 0 heterocycles. The van der Waals surface area contributed by atoms with Gasteiger partial charge in [0, 0.05) is 12.1 Å². The second-order valence-electron chi connectivity index (χ2n) is 5.79. The van der Waals surface area contributed by atoms with Crippen LogP contribution in [-0.4, -0.2) is 44.1 Å². The number of carbonyl (C=O) groups excluding carboxylic acids is 4. The quantitative estimate of drug-likeness (QED) is 0.569. The SMILES string of the molecule is COc1ccc(C(=O)NC(=O)COC(=O)CNC(=O)NCc2ccccc2)cc1. The lowest BCUT2D eigenvalue weighted by Gasteiger charge is -2.08. The van der Waals surface area contributed by atoms with Crippen molar-refractivity contribution < 1.29 is 28.7 Å². The minimum absolute atomic E-state index is 0.252. The van der Waals surface area contributed by atoms with Gasteiger partial charge in [0.05, 0.1) is 7.11 Å². The van der Waals surface area contributed by atoms with Crippen LogP contribution in [-0.2, 0) is 20.9 Å². The fourth-order valence-electron chi connectivity index (χ4n) is 2.17. The molecule has 3 N–H and O–H groups in total. The second-order valence-corrected chi connectivity index (χ2v) is 5.79. The lowest BCUT2D eigenvalue weighted by atomic mass is 10.2. The predicted molar refractivity (Wildman–Crippen MR) is 103 cm³/mol. The van der Waals surface area contributed by atoms with Crippen molar-refractivity contribution in [3.63, 3.8) is 0 Å². The van der Waals surface area contributed by atoms with Crippen LogP contribution in [0.1, 0.15) is 15.9 Å². The van der Waals surface area contributed by atoms with Gasteiger partial charge in [0.1, 0.15) is 12.3 Å². The Balaban J connectivity index is 1.64. The zero-order valence-electron chi connectivity index (χ0n) is 15.8. The van der Waals surface area contributed by atoms with E-state index >= 15 is 0 Å². The Labute approximate surface area is 167 Å². The number of hydrogen-bond donors (Lipinski definition) is 3. The van der Waals surface area contributed by atoms with Gasteiger partial charge in [-0.3, -0.25) is 19.7 Å². The Bertz CT molecular complexity index is 852. The molecule has 0 aliphatic rings. The van der Waals surface area contributed by atoms with Crippen LogP contribution in [0.15, 0.2) is 54.6 Å². The summed E-state index contributed by atoms with van der Waals surface area (Å²) in [5, 5.41) is 7.00. The first-order chi connectivity index (χ1) is 14.0. The molecule has 0 aliphatic carbocycles. The van der Waals surface area contributed by atoms with Gasteiger partial charge >= 0.3 is 12.0 Å². The maximum absolute atomic E-state index is 11.9. The van der Waals surface area contributed by atoms with Crippen molar-refractivity contribution in [2.45, 2.75) is 6.54 Å². The zero-order chi connectivity index (χ0) is 21.1. The van der Waals surface area contributed by atoms with Crippen LogP contribution < -0.4 is 20.7 Å². The average Bonchev–Trinajstić information content (AvgIpc) is 2.75. The third-order valence-corrected chi connectivity index (χ3v) is 3.66. The van der Waals surface area contributed by atoms with E-state index in [9.17, 15) is 19.2 Å². The third-order valence-electron chi connectivity index (χ3n) is 3.66. The molecule has 9 nitrogen and oxygen atoms in total. The molecule has 152 valence electrons. The van der Waals surface area contributed by atoms with Gasteiger partial charge in [-0.2, -0.15) is 0 Å². The molecule has 0 aromatic heterocycles. The normalized spacial score (nSPS) is 9.83. The average molecular weight is 399 g/mol. The number of carbonyl (C=O) groups is 4. The minimum Gasteiger partial charge on any atom is -0.497 e. The highest BCUT2D eigenvalue weighted by atomic mass is 16.5. The number of benzene rings is 2. The second kappa shape index (κ2) is 11.1. The van der Waals surface area contributed by atoms with Gasteiger partial charge in [0.25, 0.3) is 11.8 Å². The first-order valence-electron chi connectivity index (χ1n) is 8.67. The molecule has 0 spiro atoms. The Morgan fingerprint density at radius 3 is 2.24 bits per heavy atom. The maximum atomic E-state index is 11.9. The molecule has 0 saturated carbocycles. The lowest BCUT2D eigenvalue weighted by Crippen LogP contribution is -2.40. The Hall–Kier alpha value is -3.88. The third kappa shape index (κ3) is 7.71. The first kappa shape index (κ1) is 21.4. The van der Waals surface area contributed by atoms with Crippen molar-refractivity contribution in [1.82, 2.24) is 16.0 Å². The van der Waals surface area contributed by atoms with Crippen LogP contribution in [0.5, 0.6) is 5.75 Å². The van der Waals surface area contributed by atoms with Gasteiger partial charge in [-0.25, -0.2) is 4.79 Å². The van der Waals surface area contributed by atoms with Crippen molar-refractivity contribution in [2.75, 3.05) is 20.3 Å². The number of methoxy groups -OCH3 is 1. The van der Waals surface area contributed by atoms with E-state index in [0.29, 0.717) is 12.3 Å². The van der Waals surface area contributed by atoms with E-state index in [0.717, 1.165) is 5.56 Å². The van der Waals surface area contributed by atoms with Crippen molar-refractivity contribution in [1.29, 1.82) is 0 Å². The van der Waals surface area contributed by atoms with Crippen molar-refractivity contribution in [3.8, 4) is 5.75 Å². The molecule has 2 rings (SSSR count). The molecule has 0 bridgehead atoms. The fraction of sp³-hybridized carbons (Fsp3) is 0.200. The molecule has 0 saturated heterocycles. The molecule has 4 amide bonds. The number of urea groups is 1. The number of esters is 1. The number of rotatable bonds is 8. The predicted octanol–water partition coefficient (Wildman–Crippen LogP) is 0.994. The van der Waals surface area contributed by atoms with Gasteiger partial charge in [-0.1, -0.05) is 30.3 Å². The van der Waals surface area contributed by atoms with Crippen molar-refractivity contribution in [2.24, 2.45) is 0 Å². The lowest BCUT2D eigenvalue weighted by molar-refractivity contribution is -0.147. The van der Waals surface area contributed by atoms with Crippen molar-refractivity contribution >= 4 is 23.8 Å². The van der Waals surface area contributed by atoms with E-state index < -0.39 is 37.0 Å². The Kier molecular flexibility index (Phi) is 8.18. The highest BCUT2D eigenvalue weighted by Gasteiger charge is 2.13. The van der Waals surface area contributed by atoms with Crippen LogP contribution in [0.25, 0.3) is 0 Å². The van der Waals surface area contributed by atoms with Gasteiger partial charge in [-0.15, -0.1) is 0 Å². The molecule has 9 heteroatoms. The molecule has 29 heavy (non-hydrogen) atoms. The van der Waals surface area contributed by atoms with Gasteiger partial charge in [0.2, 0.25) is 0 Å². The Morgan fingerprint density at radius 2 is 1.59 bits per heavy atom. The monoisotopic (exact) mass is 399 g/mol. The summed E-state index contributed by atoms with van der Waals surface area (Å²) in [4.78, 5) is 46.9. The van der Waals surface area contributed by atoms with Gasteiger partial charge in [0.15, 0.2) is 6.61 Å². The van der Waals surface area contributed by atoms with E-state index in [4.69, 9.17) is 9.47 Å². The van der Waals surface area contributed by atoms with Crippen LogP contribution in [0.2, 0.25) is 0 Å². The summed E-state index contributed by atoms with van der Waals surface area (Å²) in [6, 6.07) is 14.8. The molecule has 0 fully saturated rings.